The van der Waals surface area contributed by atoms with E-state index in [1.807, 2.05) is 25.1 Å². The Morgan fingerprint density at radius 1 is 1.00 bits per heavy atom. The van der Waals surface area contributed by atoms with Crippen LogP contribution in [0.25, 0.3) is 26.6 Å². The highest BCUT2D eigenvalue weighted by Crippen LogP contribution is 2.47. The van der Waals surface area contributed by atoms with Gasteiger partial charge in [0.1, 0.15) is 17.2 Å². The number of rotatable bonds is 5. The molecule has 150 valence electrons. The van der Waals surface area contributed by atoms with Crippen molar-refractivity contribution in [3.63, 3.8) is 0 Å². The molecule has 5 nitrogen and oxygen atoms in total. The van der Waals surface area contributed by atoms with Crippen molar-refractivity contribution in [3.8, 4) is 33.4 Å². The van der Waals surface area contributed by atoms with Crippen LogP contribution in [0.3, 0.4) is 0 Å². The summed E-state index contributed by atoms with van der Waals surface area (Å²) < 4.78 is 7.11. The molecular weight excluding hydrogens is 400 g/mol. The number of hydrogen-bond donors (Lipinski definition) is 3. The summed E-state index contributed by atoms with van der Waals surface area (Å²) in [6.07, 6.45) is 2.60. The van der Waals surface area contributed by atoms with Crippen LogP contribution in [0.1, 0.15) is 11.1 Å². The number of carboxylic acids is 1. The second-order valence-corrected chi connectivity index (χ2v) is 7.84. The van der Waals surface area contributed by atoms with Crippen LogP contribution in [-0.4, -0.2) is 21.3 Å². The van der Waals surface area contributed by atoms with Crippen LogP contribution in [0.4, 0.5) is 0 Å². The number of hydrogen-bond acceptors (Lipinski definition) is 5. The Bertz CT molecular complexity index is 1270. The van der Waals surface area contributed by atoms with Gasteiger partial charge in [0, 0.05) is 16.2 Å². The van der Waals surface area contributed by atoms with Crippen molar-refractivity contribution < 1.29 is 24.9 Å². The van der Waals surface area contributed by atoms with Gasteiger partial charge in [-0.25, -0.2) is 4.79 Å². The van der Waals surface area contributed by atoms with Gasteiger partial charge in [0.15, 0.2) is 5.75 Å². The predicted octanol–water partition coefficient (Wildman–Crippen LogP) is 6.18. The normalized spacial score (nSPS) is 11.2. The molecule has 0 unspecified atom stereocenters. The molecule has 1 heterocycles. The lowest BCUT2D eigenvalue weighted by molar-refractivity contribution is -0.131. The minimum Gasteiger partial charge on any atom is -0.508 e. The maximum Gasteiger partial charge on any atom is 0.328 e. The summed E-state index contributed by atoms with van der Waals surface area (Å²) in [7, 11) is 0. The molecule has 0 radical (unpaired) electrons. The van der Waals surface area contributed by atoms with Gasteiger partial charge in [-0.2, -0.15) is 0 Å². The molecule has 0 saturated carbocycles. The number of ether oxygens (including phenoxy) is 1. The maximum atomic E-state index is 10.7. The number of carboxylic acid groups (broad SMARTS) is 1. The van der Waals surface area contributed by atoms with E-state index in [2.05, 4.69) is 0 Å². The molecule has 3 aromatic carbocycles. The summed E-state index contributed by atoms with van der Waals surface area (Å²) in [6, 6.07) is 17.6. The second kappa shape index (κ2) is 7.93. The Labute approximate surface area is 176 Å². The summed E-state index contributed by atoms with van der Waals surface area (Å²) >= 11 is 1.50. The average molecular weight is 418 g/mol. The van der Waals surface area contributed by atoms with Gasteiger partial charge in [-0.15, -0.1) is 11.3 Å². The second-order valence-electron chi connectivity index (χ2n) is 6.78. The smallest absolute Gasteiger partial charge is 0.328 e. The van der Waals surface area contributed by atoms with Crippen molar-refractivity contribution in [2.24, 2.45) is 0 Å². The molecule has 4 aromatic rings. The van der Waals surface area contributed by atoms with E-state index >= 15 is 0 Å². The monoisotopic (exact) mass is 418 g/mol. The first-order valence-electron chi connectivity index (χ1n) is 9.15. The van der Waals surface area contributed by atoms with Gasteiger partial charge in [0.25, 0.3) is 0 Å². The highest BCUT2D eigenvalue weighted by atomic mass is 32.1. The van der Waals surface area contributed by atoms with Crippen LogP contribution < -0.4 is 4.74 Å². The molecule has 0 aliphatic heterocycles. The number of fused-ring (bicyclic) bond motifs is 1. The van der Waals surface area contributed by atoms with E-state index in [9.17, 15) is 15.0 Å². The summed E-state index contributed by atoms with van der Waals surface area (Å²) in [5.74, 6) is 0.668. The number of aliphatic carboxylic acids is 1. The average Bonchev–Trinajstić information content (AvgIpc) is 3.07. The molecule has 30 heavy (non-hydrogen) atoms. The summed E-state index contributed by atoms with van der Waals surface area (Å²) in [6.45, 7) is 1.84. The van der Waals surface area contributed by atoms with Gasteiger partial charge >= 0.3 is 5.97 Å². The number of carbonyl (C=O) groups is 1. The summed E-state index contributed by atoms with van der Waals surface area (Å²) in [5.41, 5.74) is 2.41. The first-order chi connectivity index (χ1) is 14.4. The van der Waals surface area contributed by atoms with Gasteiger partial charge in [0.2, 0.25) is 0 Å². The predicted molar refractivity (Wildman–Crippen MR) is 119 cm³/mol. The minimum absolute atomic E-state index is 0.179. The maximum absolute atomic E-state index is 10.7. The molecule has 6 heteroatoms. The molecular formula is C24H18O5S. The van der Waals surface area contributed by atoms with Gasteiger partial charge in [-0.1, -0.05) is 12.1 Å². The lowest BCUT2D eigenvalue weighted by atomic mass is 10.1. The molecule has 0 spiro atoms. The third-order valence-electron chi connectivity index (χ3n) is 4.61. The molecule has 3 N–H and O–H groups in total. The van der Waals surface area contributed by atoms with E-state index in [-0.39, 0.29) is 11.5 Å². The number of benzene rings is 3. The lowest BCUT2D eigenvalue weighted by Gasteiger charge is -2.09. The van der Waals surface area contributed by atoms with Crippen LogP contribution in [-0.2, 0) is 4.79 Å². The summed E-state index contributed by atoms with van der Waals surface area (Å²) in [4.78, 5) is 11.6. The van der Waals surface area contributed by atoms with Crippen LogP contribution in [0, 0.1) is 6.92 Å². The third kappa shape index (κ3) is 3.99. The van der Waals surface area contributed by atoms with E-state index in [1.54, 1.807) is 42.5 Å². The van der Waals surface area contributed by atoms with Gasteiger partial charge in [-0.3, -0.25) is 0 Å². The van der Waals surface area contributed by atoms with E-state index in [0.29, 0.717) is 11.5 Å². The van der Waals surface area contributed by atoms with E-state index in [4.69, 9.17) is 9.84 Å². The zero-order valence-corrected chi connectivity index (χ0v) is 16.8. The molecule has 1 aromatic heterocycles. The quantitative estimate of drug-likeness (QED) is 0.337. The molecule has 0 aliphatic carbocycles. The van der Waals surface area contributed by atoms with E-state index in [0.717, 1.165) is 37.7 Å². The van der Waals surface area contributed by atoms with Crippen molar-refractivity contribution in [2.45, 2.75) is 6.92 Å². The lowest BCUT2D eigenvalue weighted by Crippen LogP contribution is -1.87. The van der Waals surface area contributed by atoms with Crippen molar-refractivity contribution >= 4 is 33.5 Å². The van der Waals surface area contributed by atoms with Crippen LogP contribution in [0.5, 0.6) is 23.0 Å². The Balaban J connectivity index is 1.77. The Morgan fingerprint density at radius 3 is 2.47 bits per heavy atom. The fourth-order valence-corrected chi connectivity index (χ4v) is 4.24. The first-order valence-corrected chi connectivity index (χ1v) is 9.97. The SMILES string of the molecule is Cc1cc(-c2sc3cc(O)ccc3c2Oc2ccc(C=CC(=O)O)cc2)ccc1O. The fraction of sp³-hybridized carbons (Fsp3) is 0.0417. The molecule has 4 rings (SSSR count). The summed E-state index contributed by atoms with van der Waals surface area (Å²) in [5, 5.41) is 29.4. The van der Waals surface area contributed by atoms with Crippen LogP contribution in [0.2, 0.25) is 0 Å². The van der Waals surface area contributed by atoms with Gasteiger partial charge in [0.05, 0.1) is 4.88 Å². The van der Waals surface area contributed by atoms with Gasteiger partial charge < -0.3 is 20.1 Å². The van der Waals surface area contributed by atoms with Gasteiger partial charge in [-0.05, 0) is 78.2 Å². The molecule has 0 aliphatic rings. The number of thiophene rings is 1. The first kappa shape index (κ1) is 19.5. The zero-order chi connectivity index (χ0) is 21.3. The number of aryl methyl sites for hydroxylation is 1. The zero-order valence-electron chi connectivity index (χ0n) is 16.0. The van der Waals surface area contributed by atoms with E-state index in [1.165, 1.54) is 17.4 Å². The standard InChI is InChI=1S/C24H18O5S/c1-14-12-16(5-10-20(14)26)24-23(19-9-6-17(25)13-21(19)30-24)29-18-7-2-15(3-8-18)4-11-22(27)28/h2-13,25-26H,1H3,(H,27,28). The highest BCUT2D eigenvalue weighted by molar-refractivity contribution is 7.22. The number of phenolic OH excluding ortho intramolecular Hbond substituents is 2. The minimum atomic E-state index is -1.00. The molecule has 0 fully saturated rings. The van der Waals surface area contributed by atoms with Crippen molar-refractivity contribution in [3.05, 3.63) is 77.9 Å². The largest absolute Gasteiger partial charge is 0.508 e. The fourth-order valence-electron chi connectivity index (χ4n) is 3.08. The van der Waals surface area contributed by atoms with E-state index < -0.39 is 5.97 Å². The molecule has 0 bridgehead atoms. The Hall–Kier alpha value is -3.77. The highest BCUT2D eigenvalue weighted by Gasteiger charge is 2.17. The van der Waals surface area contributed by atoms with Crippen LogP contribution >= 0.6 is 11.3 Å². The molecule has 0 atom stereocenters. The Morgan fingerprint density at radius 2 is 1.77 bits per heavy atom. The Kier molecular flexibility index (Phi) is 5.16. The third-order valence-corrected chi connectivity index (χ3v) is 5.79. The van der Waals surface area contributed by atoms with Crippen molar-refractivity contribution in [1.82, 2.24) is 0 Å². The van der Waals surface area contributed by atoms with Crippen molar-refractivity contribution in [1.29, 1.82) is 0 Å². The van der Waals surface area contributed by atoms with Crippen molar-refractivity contribution in [2.75, 3.05) is 0 Å². The number of aromatic hydroxyl groups is 2. The van der Waals surface area contributed by atoms with Crippen LogP contribution in [0.15, 0.2) is 66.7 Å². The number of phenols is 2. The molecule has 0 saturated heterocycles. The topological polar surface area (TPSA) is 87.0 Å². The molecule has 0 amide bonds.